The van der Waals surface area contributed by atoms with Crippen molar-refractivity contribution in [1.82, 2.24) is 10.2 Å². The summed E-state index contributed by atoms with van der Waals surface area (Å²) < 4.78 is 5.14. The zero-order valence-corrected chi connectivity index (χ0v) is 9.71. The molecule has 2 rings (SSSR count). The Labute approximate surface area is 103 Å². The number of nitrogens with one attached hydrogen (secondary N) is 2. The van der Waals surface area contributed by atoms with Gasteiger partial charge in [-0.2, -0.15) is 5.10 Å². The minimum absolute atomic E-state index is 0.0166. The number of rotatable bonds is 5. The first-order valence-electron chi connectivity index (χ1n) is 5.25. The van der Waals surface area contributed by atoms with Crippen LogP contribution in [0.5, 0.6) is 5.75 Å². The zero-order valence-electron chi connectivity index (χ0n) is 9.71. The number of non-ortho nitro benzene ring substituents is 1. The highest BCUT2D eigenvalue weighted by atomic mass is 16.6. The second-order valence-corrected chi connectivity index (χ2v) is 3.58. The van der Waals surface area contributed by atoms with Crippen LogP contribution in [0, 0.1) is 10.1 Å². The molecule has 1 aromatic carbocycles. The van der Waals surface area contributed by atoms with E-state index in [2.05, 4.69) is 15.5 Å². The molecule has 0 aliphatic heterocycles. The van der Waals surface area contributed by atoms with Gasteiger partial charge in [-0.1, -0.05) is 0 Å². The molecular formula is C11H12N4O3. The minimum atomic E-state index is -0.444. The molecular weight excluding hydrogens is 236 g/mol. The summed E-state index contributed by atoms with van der Waals surface area (Å²) in [5, 5.41) is 20.4. The second kappa shape index (κ2) is 5.17. The molecule has 0 fully saturated rings. The van der Waals surface area contributed by atoms with Crippen molar-refractivity contribution in [2.75, 3.05) is 12.4 Å². The highest BCUT2D eigenvalue weighted by Crippen LogP contribution is 2.29. The third kappa shape index (κ3) is 2.57. The van der Waals surface area contributed by atoms with E-state index in [9.17, 15) is 10.1 Å². The Balaban J connectivity index is 2.18. The van der Waals surface area contributed by atoms with E-state index < -0.39 is 4.92 Å². The van der Waals surface area contributed by atoms with Gasteiger partial charge < -0.3 is 10.1 Å². The summed E-state index contributed by atoms with van der Waals surface area (Å²) in [4.78, 5) is 10.3. The molecule has 0 atom stereocenters. The lowest BCUT2D eigenvalue weighted by Gasteiger charge is -2.09. The van der Waals surface area contributed by atoms with Crippen LogP contribution in [0.1, 0.15) is 5.69 Å². The van der Waals surface area contributed by atoms with Crippen LogP contribution in [-0.2, 0) is 6.54 Å². The number of methoxy groups -OCH3 is 1. The van der Waals surface area contributed by atoms with Crippen LogP contribution in [0.4, 0.5) is 11.4 Å². The van der Waals surface area contributed by atoms with Gasteiger partial charge in [0.05, 0.1) is 30.0 Å². The highest BCUT2D eigenvalue weighted by Gasteiger charge is 2.11. The lowest BCUT2D eigenvalue weighted by atomic mass is 10.2. The molecule has 0 spiro atoms. The fourth-order valence-electron chi connectivity index (χ4n) is 1.52. The van der Waals surface area contributed by atoms with E-state index in [0.29, 0.717) is 18.0 Å². The molecule has 0 unspecified atom stereocenters. The van der Waals surface area contributed by atoms with Crippen LogP contribution in [0.25, 0.3) is 0 Å². The summed E-state index contributed by atoms with van der Waals surface area (Å²) in [6.07, 6.45) is 1.64. The molecule has 0 amide bonds. The molecule has 0 bridgehead atoms. The quantitative estimate of drug-likeness (QED) is 0.623. The van der Waals surface area contributed by atoms with Crippen LogP contribution in [0.3, 0.4) is 0 Å². The van der Waals surface area contributed by atoms with Gasteiger partial charge in [0, 0.05) is 18.3 Å². The van der Waals surface area contributed by atoms with E-state index in [1.54, 1.807) is 12.3 Å². The molecule has 1 aromatic heterocycles. The molecule has 7 heteroatoms. The number of hydrogen-bond acceptors (Lipinski definition) is 5. The van der Waals surface area contributed by atoms with E-state index in [1.165, 1.54) is 19.2 Å². The van der Waals surface area contributed by atoms with Crippen molar-refractivity contribution in [2.24, 2.45) is 0 Å². The van der Waals surface area contributed by atoms with Gasteiger partial charge in [0.1, 0.15) is 5.75 Å². The molecule has 7 nitrogen and oxygen atoms in total. The maximum Gasteiger partial charge on any atom is 0.271 e. The average molecular weight is 248 g/mol. The van der Waals surface area contributed by atoms with Gasteiger partial charge in [0.25, 0.3) is 5.69 Å². The number of H-pyrrole nitrogens is 1. The van der Waals surface area contributed by atoms with Gasteiger partial charge in [0.15, 0.2) is 0 Å². The molecule has 18 heavy (non-hydrogen) atoms. The highest BCUT2D eigenvalue weighted by molar-refractivity contribution is 5.61. The lowest BCUT2D eigenvalue weighted by Crippen LogP contribution is -2.02. The normalized spacial score (nSPS) is 10.1. The predicted octanol–water partition coefficient (Wildman–Crippen LogP) is 1.94. The van der Waals surface area contributed by atoms with Crippen molar-refractivity contribution in [3.05, 3.63) is 46.3 Å². The Kier molecular flexibility index (Phi) is 3.42. The van der Waals surface area contributed by atoms with Gasteiger partial charge in [-0.25, -0.2) is 0 Å². The van der Waals surface area contributed by atoms with E-state index in [1.807, 2.05) is 6.07 Å². The minimum Gasteiger partial charge on any atom is -0.495 e. The molecule has 0 aliphatic carbocycles. The molecule has 2 aromatic rings. The van der Waals surface area contributed by atoms with Crippen LogP contribution >= 0.6 is 0 Å². The van der Waals surface area contributed by atoms with Crippen molar-refractivity contribution in [3.8, 4) is 5.75 Å². The number of hydrogen-bond donors (Lipinski definition) is 2. The van der Waals surface area contributed by atoms with Gasteiger partial charge in [-0.3, -0.25) is 15.2 Å². The smallest absolute Gasteiger partial charge is 0.271 e. The third-order valence-electron chi connectivity index (χ3n) is 2.42. The van der Waals surface area contributed by atoms with E-state index >= 15 is 0 Å². The average Bonchev–Trinajstić information content (AvgIpc) is 2.89. The summed E-state index contributed by atoms with van der Waals surface area (Å²) in [5.41, 5.74) is 1.47. The lowest BCUT2D eigenvalue weighted by molar-refractivity contribution is -0.384. The van der Waals surface area contributed by atoms with Gasteiger partial charge in [-0.15, -0.1) is 0 Å². The van der Waals surface area contributed by atoms with Crippen molar-refractivity contribution in [2.45, 2.75) is 6.54 Å². The first kappa shape index (κ1) is 11.9. The Morgan fingerprint density at radius 1 is 1.50 bits per heavy atom. The molecule has 0 saturated carbocycles. The molecule has 2 N–H and O–H groups in total. The fourth-order valence-corrected chi connectivity index (χ4v) is 1.52. The summed E-state index contributed by atoms with van der Waals surface area (Å²) in [7, 11) is 1.52. The first-order chi connectivity index (χ1) is 8.70. The monoisotopic (exact) mass is 248 g/mol. The maximum atomic E-state index is 10.7. The number of nitrogens with zero attached hydrogens (tertiary/aromatic N) is 2. The standard InChI is InChI=1S/C11H12N4O3/c1-18-11-3-2-9(15(16)17)6-10(11)12-7-8-4-5-13-14-8/h2-6,12H,7H2,1H3,(H,13,14). The number of benzene rings is 1. The molecule has 1 heterocycles. The Morgan fingerprint density at radius 2 is 2.33 bits per heavy atom. The maximum absolute atomic E-state index is 10.7. The molecule has 0 aliphatic rings. The number of aromatic amines is 1. The van der Waals surface area contributed by atoms with E-state index in [0.717, 1.165) is 5.69 Å². The Morgan fingerprint density at radius 3 is 2.94 bits per heavy atom. The summed E-state index contributed by atoms with van der Waals surface area (Å²) in [5.74, 6) is 0.556. The third-order valence-corrected chi connectivity index (χ3v) is 2.42. The first-order valence-corrected chi connectivity index (χ1v) is 5.25. The largest absolute Gasteiger partial charge is 0.495 e. The predicted molar refractivity (Wildman–Crippen MR) is 65.6 cm³/mol. The molecule has 0 saturated heterocycles. The van der Waals surface area contributed by atoms with Gasteiger partial charge >= 0.3 is 0 Å². The fraction of sp³-hybridized carbons (Fsp3) is 0.182. The van der Waals surface area contributed by atoms with Crippen LogP contribution < -0.4 is 10.1 Å². The summed E-state index contributed by atoms with van der Waals surface area (Å²) in [6, 6.07) is 6.22. The molecule has 0 radical (unpaired) electrons. The van der Waals surface area contributed by atoms with Crippen molar-refractivity contribution < 1.29 is 9.66 Å². The Bertz CT molecular complexity index is 539. The molecule has 94 valence electrons. The topological polar surface area (TPSA) is 93.1 Å². The second-order valence-electron chi connectivity index (χ2n) is 3.58. The number of ether oxygens (including phenoxy) is 1. The summed E-state index contributed by atoms with van der Waals surface area (Å²) >= 11 is 0. The number of anilines is 1. The van der Waals surface area contributed by atoms with E-state index in [-0.39, 0.29) is 5.69 Å². The van der Waals surface area contributed by atoms with Crippen LogP contribution in [0.2, 0.25) is 0 Å². The van der Waals surface area contributed by atoms with E-state index in [4.69, 9.17) is 4.74 Å². The Hall–Kier alpha value is -2.57. The zero-order chi connectivity index (χ0) is 13.0. The van der Waals surface area contributed by atoms with Gasteiger partial charge in [0.2, 0.25) is 0 Å². The summed E-state index contributed by atoms with van der Waals surface area (Å²) in [6.45, 7) is 0.484. The van der Waals surface area contributed by atoms with Crippen molar-refractivity contribution in [1.29, 1.82) is 0 Å². The van der Waals surface area contributed by atoms with Gasteiger partial charge in [-0.05, 0) is 12.1 Å². The number of nitro benzene ring substituents is 1. The van der Waals surface area contributed by atoms with Crippen LogP contribution in [0.15, 0.2) is 30.5 Å². The number of nitro groups is 1. The SMILES string of the molecule is COc1ccc([N+](=O)[O-])cc1NCc1ccn[nH]1. The van der Waals surface area contributed by atoms with Crippen molar-refractivity contribution in [3.63, 3.8) is 0 Å². The van der Waals surface area contributed by atoms with Crippen molar-refractivity contribution >= 4 is 11.4 Å². The number of aromatic nitrogens is 2. The van der Waals surface area contributed by atoms with Crippen LogP contribution in [-0.4, -0.2) is 22.2 Å².